The SMILES string of the molecule is Cc1ccc(S(=O)(=O)N2CCC[C@H](C(=O)NCc3ccc(S(=O)(=O)N(C)C)cc3)C2)cc1. The molecule has 1 aliphatic rings. The van der Waals surface area contributed by atoms with E-state index >= 15 is 0 Å². The third-order valence-electron chi connectivity index (χ3n) is 5.58. The number of benzene rings is 2. The first-order valence-corrected chi connectivity index (χ1v) is 13.3. The molecule has 174 valence electrons. The Kier molecular flexibility index (Phi) is 7.39. The molecule has 0 bridgehead atoms. The zero-order chi connectivity index (χ0) is 23.5. The predicted octanol–water partition coefficient (Wildman–Crippen LogP) is 1.96. The lowest BCUT2D eigenvalue weighted by molar-refractivity contribution is -0.126. The number of carbonyl (C=O) groups is 1. The van der Waals surface area contributed by atoms with Crippen LogP contribution in [0.15, 0.2) is 58.3 Å². The van der Waals surface area contributed by atoms with E-state index in [9.17, 15) is 21.6 Å². The Morgan fingerprint density at radius 3 is 2.19 bits per heavy atom. The summed E-state index contributed by atoms with van der Waals surface area (Å²) in [6.45, 7) is 2.67. The van der Waals surface area contributed by atoms with Gasteiger partial charge < -0.3 is 5.32 Å². The first-order chi connectivity index (χ1) is 15.0. The second-order valence-corrected chi connectivity index (χ2v) is 12.3. The van der Waals surface area contributed by atoms with E-state index in [-0.39, 0.29) is 28.8 Å². The normalized spacial score (nSPS) is 17.9. The summed E-state index contributed by atoms with van der Waals surface area (Å²) in [4.78, 5) is 13.1. The minimum Gasteiger partial charge on any atom is -0.352 e. The van der Waals surface area contributed by atoms with Gasteiger partial charge in [-0.2, -0.15) is 4.31 Å². The molecule has 0 spiro atoms. The van der Waals surface area contributed by atoms with Crippen molar-refractivity contribution in [3.05, 3.63) is 59.7 Å². The van der Waals surface area contributed by atoms with E-state index in [4.69, 9.17) is 0 Å². The van der Waals surface area contributed by atoms with Gasteiger partial charge in [-0.15, -0.1) is 0 Å². The van der Waals surface area contributed by atoms with Crippen LogP contribution in [-0.2, 0) is 31.4 Å². The van der Waals surface area contributed by atoms with Crippen molar-refractivity contribution in [2.75, 3.05) is 27.2 Å². The average molecular weight is 480 g/mol. The zero-order valence-electron chi connectivity index (χ0n) is 18.5. The summed E-state index contributed by atoms with van der Waals surface area (Å²) >= 11 is 0. The molecule has 1 N–H and O–H groups in total. The van der Waals surface area contributed by atoms with Crippen LogP contribution in [0.25, 0.3) is 0 Å². The summed E-state index contributed by atoms with van der Waals surface area (Å²) in [7, 11) is -4.21. The first-order valence-electron chi connectivity index (χ1n) is 10.4. The molecule has 1 fully saturated rings. The van der Waals surface area contributed by atoms with Gasteiger partial charge in [-0.1, -0.05) is 29.8 Å². The lowest BCUT2D eigenvalue weighted by Gasteiger charge is -2.31. The van der Waals surface area contributed by atoms with Gasteiger partial charge in [0.15, 0.2) is 0 Å². The van der Waals surface area contributed by atoms with Gasteiger partial charge >= 0.3 is 0 Å². The molecule has 0 aromatic heterocycles. The van der Waals surface area contributed by atoms with Gasteiger partial charge in [-0.05, 0) is 49.6 Å². The Bertz CT molecular complexity index is 1160. The Labute approximate surface area is 190 Å². The molecule has 1 amide bonds. The number of nitrogens with one attached hydrogen (secondary N) is 1. The van der Waals surface area contributed by atoms with Crippen LogP contribution < -0.4 is 5.32 Å². The van der Waals surface area contributed by atoms with Crippen LogP contribution in [0.4, 0.5) is 0 Å². The molecule has 2 aromatic carbocycles. The van der Waals surface area contributed by atoms with Crippen molar-refractivity contribution in [1.29, 1.82) is 0 Å². The van der Waals surface area contributed by atoms with E-state index in [0.717, 1.165) is 15.4 Å². The van der Waals surface area contributed by atoms with Gasteiger partial charge in [-0.25, -0.2) is 21.1 Å². The maximum Gasteiger partial charge on any atom is 0.243 e. The molecule has 8 nitrogen and oxygen atoms in total. The topological polar surface area (TPSA) is 104 Å². The molecule has 0 saturated carbocycles. The van der Waals surface area contributed by atoms with E-state index in [1.54, 1.807) is 36.4 Å². The highest BCUT2D eigenvalue weighted by Gasteiger charge is 2.33. The lowest BCUT2D eigenvalue weighted by atomic mass is 9.99. The minimum absolute atomic E-state index is 0.141. The smallest absolute Gasteiger partial charge is 0.243 e. The molecule has 0 radical (unpaired) electrons. The number of amides is 1. The zero-order valence-corrected chi connectivity index (χ0v) is 20.1. The number of hydrogen-bond acceptors (Lipinski definition) is 5. The van der Waals surface area contributed by atoms with E-state index in [1.807, 2.05) is 6.92 Å². The molecule has 10 heteroatoms. The third-order valence-corrected chi connectivity index (χ3v) is 9.29. The maximum absolute atomic E-state index is 12.9. The number of rotatable bonds is 7. The first kappa shape index (κ1) is 24.4. The molecule has 0 aliphatic carbocycles. The molecule has 1 saturated heterocycles. The Balaban J connectivity index is 1.61. The standard InChI is InChI=1S/C22H29N3O5S2/c1-17-6-10-21(11-7-17)32(29,30)25-14-4-5-19(16-25)22(26)23-15-18-8-12-20(13-9-18)31(27,28)24(2)3/h6-13,19H,4-5,14-16H2,1-3H3,(H,23,26)/t19-/m0/s1. The summed E-state index contributed by atoms with van der Waals surface area (Å²) in [6.07, 6.45) is 1.23. The quantitative estimate of drug-likeness (QED) is 0.654. The second kappa shape index (κ2) is 9.70. The number of piperidine rings is 1. The average Bonchev–Trinajstić information content (AvgIpc) is 2.78. The molecule has 3 rings (SSSR count). The largest absolute Gasteiger partial charge is 0.352 e. The summed E-state index contributed by atoms with van der Waals surface area (Å²) in [6, 6.07) is 13.0. The number of sulfonamides is 2. The molecular formula is C22H29N3O5S2. The van der Waals surface area contributed by atoms with Crippen LogP contribution in [0.2, 0.25) is 0 Å². The lowest BCUT2D eigenvalue weighted by Crippen LogP contribution is -2.45. The molecule has 1 aliphatic heterocycles. The molecule has 32 heavy (non-hydrogen) atoms. The molecule has 0 unspecified atom stereocenters. The van der Waals surface area contributed by atoms with Crippen LogP contribution in [0.3, 0.4) is 0 Å². The minimum atomic E-state index is -3.65. The van der Waals surface area contributed by atoms with Crippen molar-refractivity contribution < 1.29 is 21.6 Å². The van der Waals surface area contributed by atoms with Gasteiger partial charge in [0.2, 0.25) is 26.0 Å². The number of nitrogens with zero attached hydrogens (tertiary/aromatic N) is 2. The van der Waals surface area contributed by atoms with Crippen molar-refractivity contribution >= 4 is 26.0 Å². The summed E-state index contributed by atoms with van der Waals surface area (Å²) < 4.78 is 52.7. The van der Waals surface area contributed by atoms with Crippen molar-refractivity contribution in [1.82, 2.24) is 13.9 Å². The summed E-state index contributed by atoms with van der Waals surface area (Å²) in [5, 5.41) is 2.85. The van der Waals surface area contributed by atoms with Gasteiger partial charge in [0.05, 0.1) is 15.7 Å². The second-order valence-electron chi connectivity index (χ2n) is 8.16. The van der Waals surface area contributed by atoms with Crippen LogP contribution >= 0.6 is 0 Å². The molecule has 1 heterocycles. The maximum atomic E-state index is 12.9. The molecule has 1 atom stereocenters. The fraction of sp³-hybridized carbons (Fsp3) is 0.409. The van der Waals surface area contributed by atoms with Crippen LogP contribution in [0.1, 0.15) is 24.0 Å². The Hall–Kier alpha value is -2.27. The van der Waals surface area contributed by atoms with Gasteiger partial charge in [0, 0.05) is 33.7 Å². The third kappa shape index (κ3) is 5.37. The van der Waals surface area contributed by atoms with Crippen molar-refractivity contribution in [2.24, 2.45) is 5.92 Å². The van der Waals surface area contributed by atoms with Gasteiger partial charge in [0.25, 0.3) is 0 Å². The molecular weight excluding hydrogens is 450 g/mol. The number of hydrogen-bond donors (Lipinski definition) is 1. The van der Waals surface area contributed by atoms with E-state index in [2.05, 4.69) is 5.32 Å². The Morgan fingerprint density at radius 2 is 1.59 bits per heavy atom. The van der Waals surface area contributed by atoms with Gasteiger partial charge in [-0.3, -0.25) is 4.79 Å². The van der Waals surface area contributed by atoms with E-state index in [0.29, 0.717) is 19.4 Å². The van der Waals surface area contributed by atoms with Crippen molar-refractivity contribution in [2.45, 2.75) is 36.1 Å². The fourth-order valence-corrected chi connectivity index (χ4v) is 5.98. The molecule has 2 aromatic rings. The van der Waals surface area contributed by atoms with E-state index in [1.165, 1.54) is 30.5 Å². The van der Waals surface area contributed by atoms with Crippen molar-refractivity contribution in [3.8, 4) is 0 Å². The van der Waals surface area contributed by atoms with Crippen LogP contribution in [0, 0.1) is 12.8 Å². The van der Waals surface area contributed by atoms with Crippen LogP contribution in [0.5, 0.6) is 0 Å². The Morgan fingerprint density at radius 1 is 1.00 bits per heavy atom. The number of carbonyl (C=O) groups excluding carboxylic acids is 1. The highest BCUT2D eigenvalue weighted by atomic mass is 32.2. The fourth-order valence-electron chi connectivity index (χ4n) is 3.56. The number of aryl methyl sites for hydroxylation is 1. The predicted molar refractivity (Wildman–Crippen MR) is 122 cm³/mol. The van der Waals surface area contributed by atoms with Gasteiger partial charge in [0.1, 0.15) is 0 Å². The highest BCUT2D eigenvalue weighted by Crippen LogP contribution is 2.24. The van der Waals surface area contributed by atoms with Crippen LogP contribution in [-0.4, -0.2) is 58.5 Å². The summed E-state index contributed by atoms with van der Waals surface area (Å²) in [5.41, 5.74) is 1.74. The summed E-state index contributed by atoms with van der Waals surface area (Å²) in [5.74, 6) is -0.642. The highest BCUT2D eigenvalue weighted by molar-refractivity contribution is 7.89. The van der Waals surface area contributed by atoms with E-state index < -0.39 is 26.0 Å². The van der Waals surface area contributed by atoms with Crippen molar-refractivity contribution in [3.63, 3.8) is 0 Å². The monoisotopic (exact) mass is 479 g/mol.